The SMILES string of the molecule is CCCC(C)(NC(=O)COc1ccc(Oc2ccccn2)cc1)C(=O)O. The van der Waals surface area contributed by atoms with Crippen molar-refractivity contribution in [2.75, 3.05) is 6.61 Å². The van der Waals surface area contributed by atoms with E-state index in [0.717, 1.165) is 0 Å². The minimum absolute atomic E-state index is 0.271. The normalized spacial score (nSPS) is 12.7. The lowest BCUT2D eigenvalue weighted by atomic mass is 9.96. The van der Waals surface area contributed by atoms with Crippen LogP contribution in [-0.4, -0.2) is 34.1 Å². The van der Waals surface area contributed by atoms with Crippen molar-refractivity contribution in [1.82, 2.24) is 10.3 Å². The summed E-state index contributed by atoms with van der Waals surface area (Å²) in [5.74, 6) is -0.0201. The van der Waals surface area contributed by atoms with Crippen molar-refractivity contribution in [1.29, 1.82) is 0 Å². The Morgan fingerprint density at radius 3 is 2.42 bits per heavy atom. The molecule has 1 amide bonds. The number of benzene rings is 1. The van der Waals surface area contributed by atoms with Gasteiger partial charge in [0.05, 0.1) is 0 Å². The van der Waals surface area contributed by atoms with Crippen molar-refractivity contribution in [2.24, 2.45) is 0 Å². The molecule has 1 aromatic heterocycles. The molecule has 0 saturated heterocycles. The van der Waals surface area contributed by atoms with Gasteiger partial charge < -0.3 is 19.9 Å². The van der Waals surface area contributed by atoms with Crippen LogP contribution in [0.3, 0.4) is 0 Å². The van der Waals surface area contributed by atoms with Crippen LogP contribution in [0.25, 0.3) is 0 Å². The lowest BCUT2D eigenvalue weighted by Crippen LogP contribution is -2.53. The number of amides is 1. The zero-order valence-corrected chi connectivity index (χ0v) is 14.8. The van der Waals surface area contributed by atoms with Gasteiger partial charge in [-0.15, -0.1) is 0 Å². The fourth-order valence-electron chi connectivity index (χ4n) is 2.35. The van der Waals surface area contributed by atoms with Gasteiger partial charge in [0.15, 0.2) is 6.61 Å². The number of rotatable bonds is 9. The predicted molar refractivity (Wildman–Crippen MR) is 95.3 cm³/mol. The number of hydrogen-bond acceptors (Lipinski definition) is 5. The van der Waals surface area contributed by atoms with E-state index in [-0.39, 0.29) is 6.61 Å². The molecule has 0 aliphatic rings. The molecule has 1 aromatic carbocycles. The number of nitrogens with one attached hydrogen (secondary N) is 1. The third-order valence-corrected chi connectivity index (χ3v) is 3.69. The van der Waals surface area contributed by atoms with Crippen molar-refractivity contribution in [3.8, 4) is 17.4 Å². The fourth-order valence-corrected chi connectivity index (χ4v) is 2.35. The number of carbonyl (C=O) groups is 2. The highest BCUT2D eigenvalue weighted by Crippen LogP contribution is 2.22. The Bertz CT molecular complexity index is 733. The van der Waals surface area contributed by atoms with Gasteiger partial charge in [0.1, 0.15) is 17.0 Å². The third-order valence-electron chi connectivity index (χ3n) is 3.69. The Kier molecular flexibility index (Phi) is 6.54. The third kappa shape index (κ3) is 5.47. The van der Waals surface area contributed by atoms with Gasteiger partial charge in [-0.05, 0) is 43.7 Å². The zero-order chi connectivity index (χ0) is 19.0. The largest absolute Gasteiger partial charge is 0.484 e. The molecular formula is C19H22N2O5. The molecule has 7 nitrogen and oxygen atoms in total. The summed E-state index contributed by atoms with van der Waals surface area (Å²) in [6.45, 7) is 3.08. The smallest absolute Gasteiger partial charge is 0.329 e. The van der Waals surface area contributed by atoms with E-state index in [1.807, 2.05) is 13.0 Å². The fraction of sp³-hybridized carbons (Fsp3) is 0.316. The molecule has 138 valence electrons. The van der Waals surface area contributed by atoms with Gasteiger partial charge in [-0.2, -0.15) is 0 Å². The number of carboxylic acid groups (broad SMARTS) is 1. The zero-order valence-electron chi connectivity index (χ0n) is 14.8. The van der Waals surface area contributed by atoms with Crippen LogP contribution in [0.4, 0.5) is 0 Å². The first-order valence-electron chi connectivity index (χ1n) is 8.29. The Morgan fingerprint density at radius 1 is 1.15 bits per heavy atom. The first-order valence-corrected chi connectivity index (χ1v) is 8.29. The highest BCUT2D eigenvalue weighted by Gasteiger charge is 2.33. The summed E-state index contributed by atoms with van der Waals surface area (Å²) >= 11 is 0. The second-order valence-corrected chi connectivity index (χ2v) is 5.97. The van der Waals surface area contributed by atoms with E-state index < -0.39 is 17.4 Å². The topological polar surface area (TPSA) is 97.8 Å². The molecule has 1 unspecified atom stereocenters. The lowest BCUT2D eigenvalue weighted by molar-refractivity contribution is -0.147. The molecule has 0 spiro atoms. The van der Waals surface area contributed by atoms with E-state index in [0.29, 0.717) is 30.2 Å². The molecule has 7 heteroatoms. The quantitative estimate of drug-likeness (QED) is 0.715. The summed E-state index contributed by atoms with van der Waals surface area (Å²) < 4.78 is 11.0. The Morgan fingerprint density at radius 2 is 1.85 bits per heavy atom. The maximum absolute atomic E-state index is 12.0. The van der Waals surface area contributed by atoms with Crippen molar-refractivity contribution in [3.63, 3.8) is 0 Å². The summed E-state index contributed by atoms with van der Waals surface area (Å²) in [6.07, 6.45) is 2.62. The summed E-state index contributed by atoms with van der Waals surface area (Å²) in [5, 5.41) is 11.8. The molecule has 2 rings (SSSR count). The molecule has 26 heavy (non-hydrogen) atoms. The highest BCUT2D eigenvalue weighted by molar-refractivity contribution is 5.87. The van der Waals surface area contributed by atoms with Gasteiger partial charge in [0.2, 0.25) is 5.88 Å². The predicted octanol–water partition coefficient (Wildman–Crippen LogP) is 3.01. The van der Waals surface area contributed by atoms with Gasteiger partial charge in [-0.1, -0.05) is 19.4 Å². The molecule has 0 saturated carbocycles. The molecular weight excluding hydrogens is 336 g/mol. The highest BCUT2D eigenvalue weighted by atomic mass is 16.5. The van der Waals surface area contributed by atoms with Crippen molar-refractivity contribution in [3.05, 3.63) is 48.7 Å². The summed E-state index contributed by atoms with van der Waals surface area (Å²) in [6, 6.07) is 12.1. The van der Waals surface area contributed by atoms with E-state index in [1.165, 1.54) is 6.92 Å². The monoisotopic (exact) mass is 358 g/mol. The Labute approximate surface area is 152 Å². The Hall–Kier alpha value is -3.09. The summed E-state index contributed by atoms with van der Waals surface area (Å²) in [7, 11) is 0. The maximum atomic E-state index is 12.0. The number of aliphatic carboxylic acids is 1. The second kappa shape index (κ2) is 8.84. The van der Waals surface area contributed by atoms with Gasteiger partial charge >= 0.3 is 5.97 Å². The maximum Gasteiger partial charge on any atom is 0.329 e. The van der Waals surface area contributed by atoms with Crippen LogP contribution in [0.2, 0.25) is 0 Å². The van der Waals surface area contributed by atoms with Gasteiger partial charge in [-0.3, -0.25) is 4.79 Å². The molecule has 1 heterocycles. The average Bonchev–Trinajstić information content (AvgIpc) is 2.62. The molecule has 0 radical (unpaired) electrons. The summed E-state index contributed by atoms with van der Waals surface area (Å²) in [4.78, 5) is 27.4. The van der Waals surface area contributed by atoms with Gasteiger partial charge in [-0.25, -0.2) is 9.78 Å². The van der Waals surface area contributed by atoms with Crippen LogP contribution in [0.1, 0.15) is 26.7 Å². The standard InChI is InChI=1S/C19H22N2O5/c1-3-11-19(2,18(23)24)21-16(22)13-25-14-7-9-15(10-8-14)26-17-6-4-5-12-20-17/h4-10,12H,3,11,13H2,1-2H3,(H,21,22)(H,23,24). The molecule has 1 atom stereocenters. The number of carbonyl (C=O) groups excluding carboxylic acids is 1. The molecule has 0 bridgehead atoms. The number of carboxylic acids is 1. The molecule has 0 aliphatic heterocycles. The molecule has 0 fully saturated rings. The molecule has 2 N–H and O–H groups in total. The van der Waals surface area contributed by atoms with E-state index in [2.05, 4.69) is 10.3 Å². The average molecular weight is 358 g/mol. The summed E-state index contributed by atoms with van der Waals surface area (Å²) in [5.41, 5.74) is -1.30. The number of nitrogens with zero attached hydrogens (tertiary/aromatic N) is 1. The minimum atomic E-state index is -1.30. The first-order chi connectivity index (χ1) is 12.4. The number of pyridine rings is 1. The second-order valence-electron chi connectivity index (χ2n) is 5.97. The van der Waals surface area contributed by atoms with Crippen molar-refractivity contribution < 1.29 is 24.2 Å². The van der Waals surface area contributed by atoms with Gasteiger partial charge in [0, 0.05) is 12.3 Å². The van der Waals surface area contributed by atoms with Gasteiger partial charge in [0.25, 0.3) is 5.91 Å². The number of ether oxygens (including phenoxy) is 2. The Balaban J connectivity index is 1.87. The van der Waals surface area contributed by atoms with E-state index in [9.17, 15) is 14.7 Å². The van der Waals surface area contributed by atoms with Crippen LogP contribution in [0.15, 0.2) is 48.7 Å². The van der Waals surface area contributed by atoms with E-state index in [1.54, 1.807) is 42.6 Å². The minimum Gasteiger partial charge on any atom is -0.484 e. The van der Waals surface area contributed by atoms with Crippen LogP contribution >= 0.6 is 0 Å². The van der Waals surface area contributed by atoms with Crippen molar-refractivity contribution in [2.45, 2.75) is 32.2 Å². The molecule has 0 aliphatic carbocycles. The lowest BCUT2D eigenvalue weighted by Gasteiger charge is -2.25. The number of aromatic nitrogens is 1. The van der Waals surface area contributed by atoms with E-state index >= 15 is 0 Å². The first kappa shape index (κ1) is 19.2. The van der Waals surface area contributed by atoms with Crippen LogP contribution in [0.5, 0.6) is 17.4 Å². The van der Waals surface area contributed by atoms with E-state index in [4.69, 9.17) is 9.47 Å². The van der Waals surface area contributed by atoms with Crippen LogP contribution < -0.4 is 14.8 Å². The van der Waals surface area contributed by atoms with Crippen molar-refractivity contribution >= 4 is 11.9 Å². The van der Waals surface area contributed by atoms with Crippen LogP contribution in [0, 0.1) is 0 Å². The van der Waals surface area contributed by atoms with Crippen LogP contribution in [-0.2, 0) is 9.59 Å². The number of hydrogen-bond donors (Lipinski definition) is 2. The molecule has 2 aromatic rings.